The zero-order valence-electron chi connectivity index (χ0n) is 15.3. The van der Waals surface area contributed by atoms with Gasteiger partial charge in [-0.3, -0.25) is 9.59 Å². The van der Waals surface area contributed by atoms with Crippen LogP contribution in [0, 0.1) is 17.7 Å². The number of ether oxygens (including phenoxy) is 1. The molecule has 1 N–H and O–H groups in total. The lowest BCUT2D eigenvalue weighted by molar-refractivity contribution is -0.145. The number of nitrogens with zero attached hydrogens (tertiary/aromatic N) is 1. The highest BCUT2D eigenvalue weighted by Crippen LogP contribution is 2.27. The molecule has 1 fully saturated rings. The number of amides is 1. The number of rotatable bonds is 4. The number of halogens is 1. The molecular formula is C21H22FNO4. The Morgan fingerprint density at radius 3 is 2.37 bits per heavy atom. The molecule has 2 aromatic carbocycles. The normalized spacial score (nSPS) is 19.6. The Hall–Kier alpha value is -2.89. The van der Waals surface area contributed by atoms with Crippen molar-refractivity contribution in [3.8, 4) is 16.9 Å². The number of hydrogen-bond acceptors (Lipinski definition) is 3. The number of hydrogen-bond donors (Lipinski definition) is 1. The minimum absolute atomic E-state index is 0.00763. The Morgan fingerprint density at radius 1 is 1.15 bits per heavy atom. The first-order valence-electron chi connectivity index (χ1n) is 8.86. The second kappa shape index (κ2) is 7.78. The Morgan fingerprint density at radius 2 is 1.81 bits per heavy atom. The highest BCUT2D eigenvalue weighted by Gasteiger charge is 2.33. The lowest BCUT2D eigenvalue weighted by atomic mass is 9.86. The van der Waals surface area contributed by atoms with Crippen molar-refractivity contribution < 1.29 is 23.8 Å². The highest BCUT2D eigenvalue weighted by atomic mass is 19.1. The molecule has 6 heteroatoms. The number of piperidine rings is 1. The van der Waals surface area contributed by atoms with Crippen molar-refractivity contribution in [2.45, 2.75) is 13.3 Å². The molecule has 1 heterocycles. The highest BCUT2D eigenvalue weighted by molar-refractivity contribution is 5.95. The largest absolute Gasteiger partial charge is 0.497 e. The van der Waals surface area contributed by atoms with E-state index in [1.54, 1.807) is 32.2 Å². The summed E-state index contributed by atoms with van der Waals surface area (Å²) >= 11 is 0. The number of carboxylic acid groups (broad SMARTS) is 1. The van der Waals surface area contributed by atoms with Gasteiger partial charge in [0.2, 0.25) is 0 Å². The van der Waals surface area contributed by atoms with Crippen LogP contribution in [0.1, 0.15) is 23.7 Å². The lowest BCUT2D eigenvalue weighted by Crippen LogP contribution is -2.45. The van der Waals surface area contributed by atoms with E-state index in [1.165, 1.54) is 17.0 Å². The van der Waals surface area contributed by atoms with Gasteiger partial charge in [0.1, 0.15) is 11.6 Å². The van der Waals surface area contributed by atoms with E-state index in [0.29, 0.717) is 30.8 Å². The van der Waals surface area contributed by atoms with E-state index in [-0.39, 0.29) is 11.5 Å². The summed E-state index contributed by atoms with van der Waals surface area (Å²) in [6.45, 7) is 2.44. The molecular weight excluding hydrogens is 349 g/mol. The molecule has 0 bridgehead atoms. The molecule has 142 valence electrons. The number of methoxy groups -OCH3 is 1. The Bertz CT molecular complexity index is 850. The molecule has 1 amide bonds. The third-order valence-electron chi connectivity index (χ3n) is 5.13. The molecule has 2 atom stereocenters. The standard InChI is InChI=1S/C21H22FNO4/c1-13-12-23(10-9-17(13)21(25)26)20(24)18-8-5-15(11-19(18)22)14-3-6-16(27-2)7-4-14/h3-8,11,13,17H,9-10,12H2,1-2H3,(H,25,26). The predicted octanol–water partition coefficient (Wildman–Crippen LogP) is 3.68. The lowest BCUT2D eigenvalue weighted by Gasteiger charge is -2.35. The summed E-state index contributed by atoms with van der Waals surface area (Å²) in [4.78, 5) is 25.4. The van der Waals surface area contributed by atoms with Crippen LogP contribution in [0.3, 0.4) is 0 Å². The van der Waals surface area contributed by atoms with Crippen LogP contribution in [0.5, 0.6) is 5.75 Å². The van der Waals surface area contributed by atoms with E-state index >= 15 is 0 Å². The van der Waals surface area contributed by atoms with Gasteiger partial charge in [-0.2, -0.15) is 0 Å². The van der Waals surface area contributed by atoms with Crippen LogP contribution in [-0.2, 0) is 4.79 Å². The fourth-order valence-electron chi connectivity index (χ4n) is 3.52. The molecule has 1 aliphatic rings. The number of likely N-dealkylation sites (tertiary alicyclic amines) is 1. The van der Waals surface area contributed by atoms with Gasteiger partial charge in [-0.25, -0.2) is 4.39 Å². The van der Waals surface area contributed by atoms with E-state index in [1.807, 2.05) is 12.1 Å². The monoisotopic (exact) mass is 371 g/mol. The Kier molecular flexibility index (Phi) is 5.44. The van der Waals surface area contributed by atoms with Crippen molar-refractivity contribution in [1.29, 1.82) is 0 Å². The quantitative estimate of drug-likeness (QED) is 0.890. The minimum Gasteiger partial charge on any atom is -0.497 e. The molecule has 0 spiro atoms. The first kappa shape index (κ1) is 18.9. The number of carbonyl (C=O) groups is 2. The van der Waals surface area contributed by atoms with Gasteiger partial charge in [0.15, 0.2) is 0 Å². The summed E-state index contributed by atoms with van der Waals surface area (Å²) in [5.41, 5.74) is 1.50. The van der Waals surface area contributed by atoms with Crippen LogP contribution in [-0.4, -0.2) is 42.1 Å². The fraction of sp³-hybridized carbons (Fsp3) is 0.333. The molecule has 1 aliphatic heterocycles. The van der Waals surface area contributed by atoms with Gasteiger partial charge in [-0.1, -0.05) is 25.1 Å². The summed E-state index contributed by atoms with van der Waals surface area (Å²) in [5.74, 6) is -1.74. The summed E-state index contributed by atoms with van der Waals surface area (Å²) in [7, 11) is 1.58. The third kappa shape index (κ3) is 3.94. The maximum absolute atomic E-state index is 14.6. The molecule has 2 unspecified atom stereocenters. The second-order valence-electron chi connectivity index (χ2n) is 6.88. The van der Waals surface area contributed by atoms with Crippen molar-refractivity contribution in [3.63, 3.8) is 0 Å². The van der Waals surface area contributed by atoms with Crippen LogP contribution in [0.15, 0.2) is 42.5 Å². The Balaban J connectivity index is 1.77. The summed E-state index contributed by atoms with van der Waals surface area (Å²) < 4.78 is 19.7. The number of carbonyl (C=O) groups excluding carboxylic acids is 1. The molecule has 0 saturated carbocycles. The van der Waals surface area contributed by atoms with Crippen LogP contribution >= 0.6 is 0 Å². The average Bonchev–Trinajstić information content (AvgIpc) is 2.67. The van der Waals surface area contributed by atoms with Gasteiger partial charge in [0, 0.05) is 13.1 Å². The molecule has 27 heavy (non-hydrogen) atoms. The maximum Gasteiger partial charge on any atom is 0.306 e. The van der Waals surface area contributed by atoms with E-state index in [4.69, 9.17) is 4.74 Å². The molecule has 0 aromatic heterocycles. The van der Waals surface area contributed by atoms with E-state index in [9.17, 15) is 19.1 Å². The zero-order valence-corrected chi connectivity index (χ0v) is 15.3. The van der Waals surface area contributed by atoms with Gasteiger partial charge in [0.05, 0.1) is 18.6 Å². The number of benzene rings is 2. The van der Waals surface area contributed by atoms with Gasteiger partial charge in [0.25, 0.3) is 5.91 Å². The van der Waals surface area contributed by atoms with Crippen LogP contribution < -0.4 is 4.74 Å². The van der Waals surface area contributed by atoms with Gasteiger partial charge in [-0.15, -0.1) is 0 Å². The molecule has 5 nitrogen and oxygen atoms in total. The van der Waals surface area contributed by atoms with E-state index in [2.05, 4.69) is 0 Å². The smallest absolute Gasteiger partial charge is 0.306 e. The third-order valence-corrected chi connectivity index (χ3v) is 5.13. The molecule has 0 radical (unpaired) electrons. The van der Waals surface area contributed by atoms with Crippen LogP contribution in [0.2, 0.25) is 0 Å². The molecule has 3 rings (SSSR count). The Labute approximate surface area is 157 Å². The molecule has 1 saturated heterocycles. The van der Waals surface area contributed by atoms with Crippen LogP contribution in [0.4, 0.5) is 4.39 Å². The van der Waals surface area contributed by atoms with E-state index in [0.717, 1.165) is 5.56 Å². The van der Waals surface area contributed by atoms with Crippen molar-refractivity contribution in [1.82, 2.24) is 4.90 Å². The van der Waals surface area contributed by atoms with E-state index < -0.39 is 23.6 Å². The summed E-state index contributed by atoms with van der Waals surface area (Å²) in [6, 6.07) is 11.8. The predicted molar refractivity (Wildman–Crippen MR) is 99.2 cm³/mol. The number of carboxylic acids is 1. The first-order chi connectivity index (χ1) is 12.9. The zero-order chi connectivity index (χ0) is 19.6. The molecule has 2 aromatic rings. The second-order valence-corrected chi connectivity index (χ2v) is 6.88. The summed E-state index contributed by atoms with van der Waals surface area (Å²) in [5, 5.41) is 9.20. The first-order valence-corrected chi connectivity index (χ1v) is 8.86. The van der Waals surface area contributed by atoms with Crippen molar-refractivity contribution in [3.05, 3.63) is 53.8 Å². The van der Waals surface area contributed by atoms with Gasteiger partial charge >= 0.3 is 5.97 Å². The van der Waals surface area contributed by atoms with Crippen molar-refractivity contribution >= 4 is 11.9 Å². The topological polar surface area (TPSA) is 66.8 Å². The van der Waals surface area contributed by atoms with Crippen LogP contribution in [0.25, 0.3) is 11.1 Å². The average molecular weight is 371 g/mol. The summed E-state index contributed by atoms with van der Waals surface area (Å²) in [6.07, 6.45) is 0.383. The minimum atomic E-state index is -0.843. The molecule has 0 aliphatic carbocycles. The fourth-order valence-corrected chi connectivity index (χ4v) is 3.52. The maximum atomic E-state index is 14.6. The van der Waals surface area contributed by atoms with Crippen molar-refractivity contribution in [2.24, 2.45) is 11.8 Å². The SMILES string of the molecule is COc1ccc(-c2ccc(C(=O)N3CCC(C(=O)O)C(C)C3)c(F)c2)cc1. The van der Waals surface area contributed by atoms with Gasteiger partial charge in [-0.05, 0) is 47.7 Å². The van der Waals surface area contributed by atoms with Gasteiger partial charge < -0.3 is 14.7 Å². The number of aliphatic carboxylic acids is 1. The van der Waals surface area contributed by atoms with Crippen molar-refractivity contribution in [2.75, 3.05) is 20.2 Å².